The lowest BCUT2D eigenvalue weighted by atomic mass is 9.89. The number of ether oxygens (including phenoxy) is 3. The molecule has 1 aliphatic rings. The lowest BCUT2D eigenvalue weighted by molar-refractivity contribution is -0.312. The lowest BCUT2D eigenvalue weighted by Crippen LogP contribution is -2.49. The van der Waals surface area contributed by atoms with E-state index in [1.807, 2.05) is 49.4 Å². The van der Waals surface area contributed by atoms with Crippen molar-refractivity contribution in [1.29, 1.82) is 0 Å². The zero-order chi connectivity index (χ0) is 35.8. The van der Waals surface area contributed by atoms with Crippen molar-refractivity contribution in [2.24, 2.45) is 0 Å². The molecule has 0 saturated carbocycles. The zero-order valence-electron chi connectivity index (χ0n) is 28.5. The maximum Gasteiger partial charge on any atom is 0.457 e. The highest BCUT2D eigenvalue weighted by atomic mass is 19.4. The van der Waals surface area contributed by atoms with Crippen LogP contribution in [0.15, 0.2) is 72.8 Å². The average Bonchev–Trinajstić information content (AvgIpc) is 3.09. The number of halogens is 5. The van der Waals surface area contributed by atoms with Crippen molar-refractivity contribution in [2.75, 3.05) is 6.61 Å². The quantitative estimate of drug-likeness (QED) is 0.0564. The SMILES string of the molecule is CCCCCCCCOC1(C(=O)Oc2ccc(C(=O)OC(CCCCCCCC)C(F)(F)C(F)(F)F)cc2)C=CC(c2ccccc2)=CC1. The van der Waals surface area contributed by atoms with Gasteiger partial charge in [-0.2, -0.15) is 22.0 Å². The van der Waals surface area contributed by atoms with Crippen LogP contribution in [-0.4, -0.2) is 42.3 Å². The van der Waals surface area contributed by atoms with E-state index in [-0.39, 0.29) is 24.2 Å². The van der Waals surface area contributed by atoms with Crippen LogP contribution in [0.5, 0.6) is 5.75 Å². The minimum absolute atomic E-state index is 0.0413. The monoisotopic (exact) mass is 692 g/mol. The van der Waals surface area contributed by atoms with Gasteiger partial charge in [0.05, 0.1) is 5.56 Å². The smallest absolute Gasteiger partial charge is 0.452 e. The molecule has 2 aromatic carbocycles. The van der Waals surface area contributed by atoms with Crippen molar-refractivity contribution in [3.63, 3.8) is 0 Å². The van der Waals surface area contributed by atoms with Crippen molar-refractivity contribution in [3.8, 4) is 5.75 Å². The highest BCUT2D eigenvalue weighted by Gasteiger charge is 2.63. The van der Waals surface area contributed by atoms with Gasteiger partial charge in [0.1, 0.15) is 5.75 Å². The van der Waals surface area contributed by atoms with Gasteiger partial charge in [-0.15, -0.1) is 0 Å². The molecule has 0 amide bonds. The molecule has 0 radical (unpaired) electrons. The molecular weight excluding hydrogens is 643 g/mol. The summed E-state index contributed by atoms with van der Waals surface area (Å²) in [6, 6.07) is 14.5. The Labute approximate surface area is 286 Å². The van der Waals surface area contributed by atoms with E-state index in [0.717, 1.165) is 74.6 Å². The minimum atomic E-state index is -5.88. The first-order chi connectivity index (χ1) is 23.4. The molecule has 0 heterocycles. The fourth-order valence-corrected chi connectivity index (χ4v) is 5.58. The van der Waals surface area contributed by atoms with Gasteiger partial charge in [-0.1, -0.05) is 121 Å². The Morgan fingerprint density at radius 3 is 1.94 bits per heavy atom. The van der Waals surface area contributed by atoms with E-state index < -0.39 is 42.2 Å². The Balaban J connectivity index is 1.68. The molecule has 0 spiro atoms. The highest BCUT2D eigenvalue weighted by molar-refractivity contribution is 5.90. The fraction of sp³-hybridized carbons (Fsp3) is 0.538. The van der Waals surface area contributed by atoms with Crippen molar-refractivity contribution in [2.45, 2.75) is 128 Å². The van der Waals surface area contributed by atoms with E-state index in [4.69, 9.17) is 14.2 Å². The molecule has 5 nitrogen and oxygen atoms in total. The van der Waals surface area contributed by atoms with E-state index in [0.29, 0.717) is 19.4 Å². The van der Waals surface area contributed by atoms with E-state index in [1.54, 1.807) is 6.08 Å². The van der Waals surface area contributed by atoms with Gasteiger partial charge < -0.3 is 14.2 Å². The van der Waals surface area contributed by atoms with Crippen LogP contribution in [0.2, 0.25) is 0 Å². The van der Waals surface area contributed by atoms with Crippen LogP contribution < -0.4 is 4.74 Å². The first-order valence-electron chi connectivity index (χ1n) is 17.5. The molecule has 0 N–H and O–H groups in total. The van der Waals surface area contributed by atoms with Gasteiger partial charge in [0, 0.05) is 13.0 Å². The summed E-state index contributed by atoms with van der Waals surface area (Å²) in [5.41, 5.74) is 0.265. The van der Waals surface area contributed by atoms with Gasteiger partial charge in [0.25, 0.3) is 0 Å². The summed E-state index contributed by atoms with van der Waals surface area (Å²) in [6.45, 7) is 4.50. The largest absolute Gasteiger partial charge is 0.457 e. The standard InChI is InChI=1S/C39H49F5O5/c1-3-5-7-9-11-16-20-34(38(40,41)39(42,43)44)49-35(45)32-21-23-33(24-22-32)48-36(46)37(47-29-17-12-10-8-6-4-2)27-25-31(26-28-37)30-18-14-13-15-19-30/h13-15,18-19,21-27,34H,3-12,16-17,20,28-29H2,1-2H3. The van der Waals surface area contributed by atoms with Crippen LogP contribution in [0.1, 0.15) is 120 Å². The molecule has 3 rings (SSSR count). The normalized spacial score (nSPS) is 17.0. The second-order valence-electron chi connectivity index (χ2n) is 12.6. The number of alkyl halides is 5. The maximum absolute atomic E-state index is 14.3. The Kier molecular flexibility index (Phi) is 16.0. The topological polar surface area (TPSA) is 61.8 Å². The molecule has 0 fully saturated rings. The molecule has 270 valence electrons. The van der Waals surface area contributed by atoms with Crippen LogP contribution >= 0.6 is 0 Å². The number of rotatable bonds is 21. The number of carbonyl (C=O) groups excluding carboxylic acids is 2. The van der Waals surface area contributed by atoms with Gasteiger partial charge in [0.15, 0.2) is 11.7 Å². The number of unbranched alkanes of at least 4 members (excludes halogenated alkanes) is 10. The van der Waals surface area contributed by atoms with Crippen LogP contribution in [-0.2, 0) is 14.3 Å². The van der Waals surface area contributed by atoms with Crippen molar-refractivity contribution in [1.82, 2.24) is 0 Å². The predicted molar refractivity (Wildman–Crippen MR) is 181 cm³/mol. The maximum atomic E-state index is 14.3. The molecule has 10 heteroatoms. The molecule has 0 aliphatic heterocycles. The van der Waals surface area contributed by atoms with Crippen LogP contribution in [0.4, 0.5) is 22.0 Å². The van der Waals surface area contributed by atoms with Gasteiger partial charge in [0.2, 0.25) is 0 Å². The molecule has 2 atom stereocenters. The fourth-order valence-electron chi connectivity index (χ4n) is 5.58. The summed E-state index contributed by atoms with van der Waals surface area (Å²) in [4.78, 5) is 26.3. The van der Waals surface area contributed by atoms with Crippen LogP contribution in [0, 0.1) is 0 Å². The third-order valence-corrected chi connectivity index (χ3v) is 8.62. The van der Waals surface area contributed by atoms with Crippen molar-refractivity contribution in [3.05, 3.63) is 84.0 Å². The number of hydrogen-bond donors (Lipinski definition) is 0. The molecule has 0 saturated heterocycles. The number of allylic oxidation sites excluding steroid dienone is 2. The third-order valence-electron chi connectivity index (χ3n) is 8.62. The molecule has 0 bridgehead atoms. The predicted octanol–water partition coefficient (Wildman–Crippen LogP) is 11.2. The Bertz CT molecular complexity index is 1350. The van der Waals surface area contributed by atoms with E-state index in [2.05, 4.69) is 6.92 Å². The second-order valence-corrected chi connectivity index (χ2v) is 12.6. The summed E-state index contributed by atoms with van der Waals surface area (Å²) in [5.74, 6) is -7.18. The molecule has 49 heavy (non-hydrogen) atoms. The average molecular weight is 693 g/mol. The van der Waals surface area contributed by atoms with E-state index in [1.165, 1.54) is 18.6 Å². The molecular formula is C39H49F5O5. The number of benzene rings is 2. The first kappa shape index (κ1) is 39.9. The first-order valence-corrected chi connectivity index (χ1v) is 17.5. The Morgan fingerprint density at radius 1 is 0.776 bits per heavy atom. The van der Waals surface area contributed by atoms with Gasteiger partial charge in [-0.05, 0) is 60.7 Å². The summed E-state index contributed by atoms with van der Waals surface area (Å²) >= 11 is 0. The molecule has 0 aromatic heterocycles. The Hall–Kier alpha value is -3.53. The van der Waals surface area contributed by atoms with Crippen molar-refractivity contribution >= 4 is 17.5 Å². The molecule has 2 aromatic rings. The van der Waals surface area contributed by atoms with Gasteiger partial charge in [-0.3, -0.25) is 0 Å². The number of carbonyl (C=O) groups is 2. The summed E-state index contributed by atoms with van der Waals surface area (Å²) in [6.07, 6.45) is 6.67. The number of esters is 2. The summed E-state index contributed by atoms with van der Waals surface area (Å²) in [7, 11) is 0. The number of hydrogen-bond acceptors (Lipinski definition) is 5. The Morgan fingerprint density at radius 2 is 1.37 bits per heavy atom. The van der Waals surface area contributed by atoms with Gasteiger partial charge in [-0.25, -0.2) is 9.59 Å². The van der Waals surface area contributed by atoms with Crippen molar-refractivity contribution < 1.29 is 45.8 Å². The van der Waals surface area contributed by atoms with Crippen LogP contribution in [0.25, 0.3) is 5.57 Å². The highest BCUT2D eigenvalue weighted by Crippen LogP contribution is 2.41. The zero-order valence-corrected chi connectivity index (χ0v) is 28.5. The second kappa shape index (κ2) is 19.6. The summed E-state index contributed by atoms with van der Waals surface area (Å²) in [5, 5.41) is 0. The van der Waals surface area contributed by atoms with E-state index in [9.17, 15) is 31.5 Å². The molecule has 1 aliphatic carbocycles. The molecule has 2 unspecified atom stereocenters. The third kappa shape index (κ3) is 12.1. The van der Waals surface area contributed by atoms with E-state index >= 15 is 0 Å². The van der Waals surface area contributed by atoms with Gasteiger partial charge >= 0.3 is 24.0 Å². The van der Waals surface area contributed by atoms with Crippen LogP contribution in [0.3, 0.4) is 0 Å². The minimum Gasteiger partial charge on any atom is -0.452 e. The lowest BCUT2D eigenvalue weighted by Gasteiger charge is -2.30. The summed E-state index contributed by atoms with van der Waals surface area (Å²) < 4.78 is 85.0.